The molecule has 2 atom stereocenters. The van der Waals surface area contributed by atoms with Crippen molar-refractivity contribution in [2.24, 2.45) is 0 Å². The Bertz CT molecular complexity index is 814. The molecule has 0 spiro atoms. The van der Waals surface area contributed by atoms with Crippen molar-refractivity contribution in [1.82, 2.24) is 5.32 Å². The standard InChI is InChI=1S/C18H17F2NO4S/c19-14-7-6-12(10-15(14)20)11-17(22)21-16(18(23)24)8-9-26(25)13-4-2-1-3-5-13/h1-7,10,16H,8-9,11H2,(H,21,22)(H,23,24)/t16-,26-/m0/s1. The third-order valence-corrected chi connectivity index (χ3v) is 4.98. The zero-order valence-electron chi connectivity index (χ0n) is 13.7. The lowest BCUT2D eigenvalue weighted by Crippen LogP contribution is -2.42. The molecule has 0 aliphatic heterocycles. The van der Waals surface area contributed by atoms with Crippen LogP contribution >= 0.6 is 0 Å². The summed E-state index contributed by atoms with van der Waals surface area (Å²) in [6, 6.07) is 10.4. The summed E-state index contributed by atoms with van der Waals surface area (Å²) in [5.41, 5.74) is 0.221. The minimum Gasteiger partial charge on any atom is -0.480 e. The fourth-order valence-corrected chi connectivity index (χ4v) is 3.40. The van der Waals surface area contributed by atoms with Gasteiger partial charge in [0.1, 0.15) is 6.04 Å². The van der Waals surface area contributed by atoms with Crippen molar-refractivity contribution in [2.75, 3.05) is 5.75 Å². The highest BCUT2D eigenvalue weighted by atomic mass is 32.2. The van der Waals surface area contributed by atoms with E-state index in [0.29, 0.717) is 4.90 Å². The molecular formula is C18H17F2NO4S. The maximum Gasteiger partial charge on any atom is 0.326 e. The van der Waals surface area contributed by atoms with E-state index in [1.165, 1.54) is 6.07 Å². The Labute approximate surface area is 151 Å². The molecule has 8 heteroatoms. The Morgan fingerprint density at radius 3 is 2.38 bits per heavy atom. The van der Waals surface area contributed by atoms with Crippen LogP contribution in [0.1, 0.15) is 12.0 Å². The van der Waals surface area contributed by atoms with Crippen molar-refractivity contribution in [3.05, 3.63) is 65.7 Å². The van der Waals surface area contributed by atoms with E-state index < -0.39 is 40.4 Å². The second-order valence-corrected chi connectivity index (χ2v) is 7.11. The molecule has 0 heterocycles. The molecule has 2 rings (SSSR count). The van der Waals surface area contributed by atoms with Gasteiger partial charge in [-0.25, -0.2) is 13.6 Å². The Morgan fingerprint density at radius 2 is 1.77 bits per heavy atom. The van der Waals surface area contributed by atoms with Gasteiger partial charge in [-0.3, -0.25) is 9.00 Å². The highest BCUT2D eigenvalue weighted by Crippen LogP contribution is 2.10. The number of nitrogens with one attached hydrogen (secondary N) is 1. The number of rotatable bonds is 8. The Kier molecular flexibility index (Phi) is 6.97. The normalized spacial score (nSPS) is 13.0. The van der Waals surface area contributed by atoms with Gasteiger partial charge in [0, 0.05) is 10.6 Å². The van der Waals surface area contributed by atoms with Gasteiger partial charge in [-0.1, -0.05) is 24.3 Å². The van der Waals surface area contributed by atoms with E-state index in [4.69, 9.17) is 0 Å². The van der Waals surface area contributed by atoms with E-state index in [1.54, 1.807) is 30.3 Å². The minimum absolute atomic E-state index is 0.0274. The first kappa shape index (κ1) is 19.7. The highest BCUT2D eigenvalue weighted by Gasteiger charge is 2.21. The molecule has 2 aromatic rings. The lowest BCUT2D eigenvalue weighted by Gasteiger charge is -2.14. The number of carboxylic acids is 1. The lowest BCUT2D eigenvalue weighted by atomic mass is 10.1. The summed E-state index contributed by atoms with van der Waals surface area (Å²) in [5.74, 6) is -3.95. The number of hydrogen-bond donors (Lipinski definition) is 2. The summed E-state index contributed by atoms with van der Waals surface area (Å²) in [7, 11) is -1.38. The van der Waals surface area contributed by atoms with Crippen LogP contribution in [0.15, 0.2) is 53.4 Å². The molecule has 0 bridgehead atoms. The smallest absolute Gasteiger partial charge is 0.326 e. The molecule has 2 N–H and O–H groups in total. The maximum absolute atomic E-state index is 13.2. The van der Waals surface area contributed by atoms with Crippen molar-refractivity contribution < 1.29 is 27.7 Å². The van der Waals surface area contributed by atoms with Crippen LogP contribution in [0.3, 0.4) is 0 Å². The van der Waals surface area contributed by atoms with Crippen LogP contribution in [0.4, 0.5) is 8.78 Å². The van der Waals surface area contributed by atoms with E-state index >= 15 is 0 Å². The SMILES string of the molecule is O=C(Cc1ccc(F)c(F)c1)N[C@@H](CC[S@](=O)c1ccccc1)C(=O)O. The molecule has 0 radical (unpaired) electrons. The molecule has 0 aliphatic rings. The van der Waals surface area contributed by atoms with Crippen molar-refractivity contribution in [3.8, 4) is 0 Å². The third kappa shape index (κ3) is 5.73. The first-order valence-corrected chi connectivity index (χ1v) is 9.08. The van der Waals surface area contributed by atoms with Crippen LogP contribution in [0.5, 0.6) is 0 Å². The molecule has 0 unspecified atom stereocenters. The van der Waals surface area contributed by atoms with Gasteiger partial charge < -0.3 is 10.4 Å². The molecule has 1 amide bonds. The van der Waals surface area contributed by atoms with E-state index in [0.717, 1.165) is 12.1 Å². The summed E-state index contributed by atoms with van der Waals surface area (Å²) in [4.78, 5) is 23.9. The van der Waals surface area contributed by atoms with Crippen molar-refractivity contribution in [3.63, 3.8) is 0 Å². The van der Waals surface area contributed by atoms with E-state index in [-0.39, 0.29) is 24.2 Å². The molecule has 0 saturated carbocycles. The van der Waals surface area contributed by atoms with Gasteiger partial charge in [-0.15, -0.1) is 0 Å². The van der Waals surface area contributed by atoms with Crippen molar-refractivity contribution >= 4 is 22.7 Å². The number of carboxylic acid groups (broad SMARTS) is 1. The summed E-state index contributed by atoms with van der Waals surface area (Å²) in [5, 5.41) is 11.5. The number of aliphatic carboxylic acids is 1. The van der Waals surface area contributed by atoms with Crippen LogP contribution in [-0.4, -0.2) is 33.0 Å². The Hall–Kier alpha value is -2.61. The zero-order valence-corrected chi connectivity index (χ0v) is 14.5. The minimum atomic E-state index is -1.38. The lowest BCUT2D eigenvalue weighted by molar-refractivity contribution is -0.141. The summed E-state index contributed by atoms with van der Waals surface area (Å²) in [6.45, 7) is 0. The number of amides is 1. The van der Waals surface area contributed by atoms with Gasteiger partial charge in [-0.2, -0.15) is 0 Å². The highest BCUT2D eigenvalue weighted by molar-refractivity contribution is 7.85. The average molecular weight is 381 g/mol. The number of carbonyl (C=O) groups is 2. The summed E-state index contributed by atoms with van der Waals surface area (Å²) in [6.07, 6.45) is -0.316. The maximum atomic E-state index is 13.2. The predicted molar refractivity (Wildman–Crippen MR) is 92.0 cm³/mol. The molecule has 0 saturated heterocycles. The average Bonchev–Trinajstić information content (AvgIpc) is 2.62. The molecule has 0 fully saturated rings. The second-order valence-electron chi connectivity index (χ2n) is 5.53. The van der Waals surface area contributed by atoms with Crippen LogP contribution in [0, 0.1) is 11.6 Å². The molecular weight excluding hydrogens is 364 g/mol. The quantitative estimate of drug-likeness (QED) is 0.735. The second kappa shape index (κ2) is 9.19. The van der Waals surface area contributed by atoms with Crippen LogP contribution < -0.4 is 5.32 Å². The van der Waals surface area contributed by atoms with Gasteiger partial charge in [-0.05, 0) is 36.2 Å². The fourth-order valence-electron chi connectivity index (χ4n) is 2.25. The molecule has 0 aromatic heterocycles. The topological polar surface area (TPSA) is 83.5 Å². The van der Waals surface area contributed by atoms with Crippen molar-refractivity contribution in [2.45, 2.75) is 23.8 Å². The van der Waals surface area contributed by atoms with Crippen LogP contribution in [0.25, 0.3) is 0 Å². The molecule has 0 aliphatic carbocycles. The van der Waals surface area contributed by atoms with Gasteiger partial charge >= 0.3 is 5.97 Å². The zero-order chi connectivity index (χ0) is 19.1. The number of hydrogen-bond acceptors (Lipinski definition) is 3. The van der Waals surface area contributed by atoms with Crippen LogP contribution in [-0.2, 0) is 26.8 Å². The summed E-state index contributed by atoms with van der Waals surface area (Å²) >= 11 is 0. The monoisotopic (exact) mass is 381 g/mol. The molecule has 26 heavy (non-hydrogen) atoms. The fraction of sp³-hybridized carbons (Fsp3) is 0.222. The summed E-state index contributed by atoms with van der Waals surface area (Å²) < 4.78 is 38.2. The van der Waals surface area contributed by atoms with E-state index in [9.17, 15) is 27.7 Å². The van der Waals surface area contributed by atoms with Gasteiger partial charge in [0.15, 0.2) is 11.6 Å². The van der Waals surface area contributed by atoms with E-state index in [2.05, 4.69) is 5.32 Å². The first-order chi connectivity index (χ1) is 12.4. The Balaban J connectivity index is 1.92. The van der Waals surface area contributed by atoms with Crippen LogP contribution in [0.2, 0.25) is 0 Å². The van der Waals surface area contributed by atoms with Gasteiger partial charge in [0.05, 0.1) is 17.2 Å². The van der Waals surface area contributed by atoms with Crippen molar-refractivity contribution in [1.29, 1.82) is 0 Å². The van der Waals surface area contributed by atoms with Gasteiger partial charge in [0.2, 0.25) is 5.91 Å². The molecule has 2 aromatic carbocycles. The molecule has 138 valence electrons. The Morgan fingerprint density at radius 1 is 1.08 bits per heavy atom. The number of carbonyl (C=O) groups excluding carboxylic acids is 1. The largest absolute Gasteiger partial charge is 0.480 e. The molecule has 5 nitrogen and oxygen atoms in total. The number of halogens is 2. The number of benzene rings is 2. The first-order valence-electron chi connectivity index (χ1n) is 7.76. The van der Waals surface area contributed by atoms with Gasteiger partial charge in [0.25, 0.3) is 0 Å². The van der Waals surface area contributed by atoms with E-state index in [1.807, 2.05) is 0 Å². The predicted octanol–water partition coefficient (Wildman–Crippen LogP) is 2.27. The third-order valence-electron chi connectivity index (χ3n) is 3.58.